The molecule has 0 bridgehead atoms. The van der Waals surface area contributed by atoms with Gasteiger partial charge in [-0.25, -0.2) is 0 Å². The number of rotatable bonds is 5. The van der Waals surface area contributed by atoms with Gasteiger partial charge in [0.1, 0.15) is 0 Å². The first kappa shape index (κ1) is 21.3. The number of nitrogens with zero attached hydrogens (tertiary/aromatic N) is 1. The van der Waals surface area contributed by atoms with E-state index in [4.69, 9.17) is 4.99 Å². The van der Waals surface area contributed by atoms with Crippen LogP contribution in [0.15, 0.2) is 89.9 Å². The van der Waals surface area contributed by atoms with Crippen LogP contribution in [-0.4, -0.2) is 27.6 Å². The van der Waals surface area contributed by atoms with Gasteiger partial charge in [0, 0.05) is 0 Å². The van der Waals surface area contributed by atoms with E-state index in [9.17, 15) is 0 Å². The first-order valence-electron chi connectivity index (χ1n) is 9.91. The van der Waals surface area contributed by atoms with Crippen molar-refractivity contribution in [2.45, 2.75) is 32.5 Å². The molecule has 29 heavy (non-hydrogen) atoms. The maximum absolute atomic E-state index is 5.19. The summed E-state index contributed by atoms with van der Waals surface area (Å²) >= 11 is 0.149. The molecule has 1 nitrogen and oxygen atoms in total. The quantitative estimate of drug-likeness (QED) is 0.260. The zero-order valence-electron chi connectivity index (χ0n) is 17.5. The van der Waals surface area contributed by atoms with Gasteiger partial charge < -0.3 is 0 Å². The standard InChI is InChI=1S/C26H27NSeSi/c1-21(22-13-7-5-8-14-22)26(28-24-16-9-6-10-17-24)27-25-18-12-11-15-23(25)19-20-29(2,3)4/h5-18,21H,1-4H3. The normalized spacial score (nSPS) is 12.8. The van der Waals surface area contributed by atoms with Crippen LogP contribution < -0.4 is 4.46 Å². The Bertz CT molecular complexity index is 1020. The SMILES string of the molecule is CC(C(=Nc1ccccc1C#C[Si](C)(C)C)[Se]c1ccccc1)c1ccccc1. The molecule has 0 radical (unpaired) electrons. The van der Waals surface area contributed by atoms with Gasteiger partial charge in [-0.1, -0.05) is 0 Å². The number of hydrogen-bond donors (Lipinski definition) is 0. The van der Waals surface area contributed by atoms with E-state index in [2.05, 4.69) is 123 Å². The van der Waals surface area contributed by atoms with Gasteiger partial charge in [0.25, 0.3) is 0 Å². The molecule has 0 saturated heterocycles. The Morgan fingerprint density at radius 3 is 2.07 bits per heavy atom. The van der Waals surface area contributed by atoms with Crippen LogP contribution in [0.3, 0.4) is 0 Å². The zero-order chi connectivity index (χ0) is 20.7. The number of aliphatic imine (C=N–C) groups is 1. The molecule has 3 rings (SSSR count). The Balaban J connectivity index is 2.04. The zero-order valence-corrected chi connectivity index (χ0v) is 20.2. The number of hydrogen-bond acceptors (Lipinski definition) is 1. The third kappa shape index (κ3) is 6.58. The fourth-order valence-corrected chi connectivity index (χ4v) is 5.34. The van der Waals surface area contributed by atoms with Gasteiger partial charge in [0.2, 0.25) is 0 Å². The molecule has 0 aliphatic carbocycles. The Hall–Kier alpha value is -2.37. The van der Waals surface area contributed by atoms with Crippen molar-refractivity contribution in [3.63, 3.8) is 0 Å². The number of para-hydroxylation sites is 1. The third-order valence-electron chi connectivity index (χ3n) is 4.34. The van der Waals surface area contributed by atoms with Crippen molar-refractivity contribution in [3.8, 4) is 11.5 Å². The van der Waals surface area contributed by atoms with Crippen molar-refractivity contribution in [3.05, 3.63) is 96.1 Å². The van der Waals surface area contributed by atoms with E-state index in [0.717, 1.165) is 11.3 Å². The minimum absolute atomic E-state index is 0.149. The molecule has 3 aromatic rings. The average Bonchev–Trinajstić information content (AvgIpc) is 2.73. The van der Waals surface area contributed by atoms with Crippen molar-refractivity contribution in [1.29, 1.82) is 0 Å². The fraction of sp³-hybridized carbons (Fsp3) is 0.192. The second-order valence-electron chi connectivity index (χ2n) is 8.01. The molecule has 0 aromatic heterocycles. The van der Waals surface area contributed by atoms with Crippen LogP contribution in [0, 0.1) is 11.5 Å². The van der Waals surface area contributed by atoms with Crippen LogP contribution >= 0.6 is 0 Å². The van der Waals surface area contributed by atoms with Crippen LogP contribution in [-0.2, 0) is 0 Å². The van der Waals surface area contributed by atoms with E-state index in [1.807, 2.05) is 0 Å². The summed E-state index contributed by atoms with van der Waals surface area (Å²) in [6, 6.07) is 29.6. The molecule has 0 fully saturated rings. The van der Waals surface area contributed by atoms with E-state index in [0.29, 0.717) is 0 Å². The van der Waals surface area contributed by atoms with Gasteiger partial charge in [-0.3, -0.25) is 0 Å². The van der Waals surface area contributed by atoms with Crippen molar-refractivity contribution in [1.82, 2.24) is 0 Å². The first-order valence-corrected chi connectivity index (χ1v) is 15.1. The van der Waals surface area contributed by atoms with Crippen LogP contribution in [0.5, 0.6) is 0 Å². The van der Waals surface area contributed by atoms with Gasteiger partial charge >= 0.3 is 183 Å². The predicted molar refractivity (Wildman–Crippen MR) is 130 cm³/mol. The fourth-order valence-electron chi connectivity index (χ4n) is 2.75. The van der Waals surface area contributed by atoms with Gasteiger partial charge in [-0.05, 0) is 0 Å². The van der Waals surface area contributed by atoms with E-state index in [1.165, 1.54) is 14.6 Å². The topological polar surface area (TPSA) is 12.4 Å². The van der Waals surface area contributed by atoms with E-state index < -0.39 is 8.07 Å². The molecule has 0 aliphatic heterocycles. The van der Waals surface area contributed by atoms with Crippen molar-refractivity contribution in [2.24, 2.45) is 4.99 Å². The minimum atomic E-state index is -1.44. The van der Waals surface area contributed by atoms with Crippen LogP contribution in [0.2, 0.25) is 19.6 Å². The van der Waals surface area contributed by atoms with E-state index >= 15 is 0 Å². The van der Waals surface area contributed by atoms with Crippen LogP contribution in [0.1, 0.15) is 24.0 Å². The summed E-state index contributed by atoms with van der Waals surface area (Å²) in [5.74, 6) is 3.67. The molecule has 146 valence electrons. The van der Waals surface area contributed by atoms with Gasteiger partial charge in [0.05, 0.1) is 0 Å². The molecule has 0 amide bonds. The molecule has 1 unspecified atom stereocenters. The Kier molecular flexibility index (Phi) is 7.28. The molecule has 0 saturated carbocycles. The summed E-state index contributed by atoms with van der Waals surface area (Å²) in [6.07, 6.45) is 0. The number of benzene rings is 3. The van der Waals surface area contributed by atoms with E-state index in [1.54, 1.807) is 0 Å². The van der Waals surface area contributed by atoms with Crippen LogP contribution in [0.25, 0.3) is 0 Å². The van der Waals surface area contributed by atoms with Crippen molar-refractivity contribution >= 4 is 37.8 Å². The second kappa shape index (κ2) is 9.90. The summed E-state index contributed by atoms with van der Waals surface area (Å²) in [6.45, 7) is 9.07. The molecule has 0 aliphatic rings. The second-order valence-corrected chi connectivity index (χ2v) is 15.1. The van der Waals surface area contributed by atoms with Crippen molar-refractivity contribution < 1.29 is 0 Å². The van der Waals surface area contributed by atoms with E-state index in [-0.39, 0.29) is 20.9 Å². The van der Waals surface area contributed by atoms with Gasteiger partial charge in [-0.2, -0.15) is 0 Å². The first-order chi connectivity index (χ1) is 13.9. The molecule has 1 atom stereocenters. The average molecular weight is 461 g/mol. The summed E-state index contributed by atoms with van der Waals surface area (Å²) in [4.78, 5) is 5.19. The Morgan fingerprint density at radius 1 is 0.828 bits per heavy atom. The molecular weight excluding hydrogens is 433 g/mol. The summed E-state index contributed by atoms with van der Waals surface area (Å²) in [5.41, 5.74) is 6.79. The molecule has 3 heteroatoms. The Morgan fingerprint density at radius 2 is 1.41 bits per heavy atom. The molecule has 0 spiro atoms. The van der Waals surface area contributed by atoms with Gasteiger partial charge in [-0.15, -0.1) is 0 Å². The Labute approximate surface area is 182 Å². The monoisotopic (exact) mass is 461 g/mol. The van der Waals surface area contributed by atoms with Crippen molar-refractivity contribution in [2.75, 3.05) is 0 Å². The van der Waals surface area contributed by atoms with Crippen LogP contribution in [0.4, 0.5) is 5.69 Å². The molecule has 0 N–H and O–H groups in total. The summed E-state index contributed by atoms with van der Waals surface area (Å²) < 4.78 is 2.56. The molecule has 3 aromatic carbocycles. The maximum atomic E-state index is 5.19. The van der Waals surface area contributed by atoms with Gasteiger partial charge in [0.15, 0.2) is 0 Å². The predicted octanol–water partition coefficient (Wildman–Crippen LogP) is 5.78. The summed E-state index contributed by atoms with van der Waals surface area (Å²) in [7, 11) is -1.44. The molecular formula is C26H27NSeSi. The molecule has 0 heterocycles. The summed E-state index contributed by atoms with van der Waals surface area (Å²) in [5, 5.41) is 0. The third-order valence-corrected chi connectivity index (χ3v) is 7.66.